The molecular weight excluding hydrogens is 356 g/mol. The van der Waals surface area contributed by atoms with E-state index in [1.807, 2.05) is 18.2 Å². The van der Waals surface area contributed by atoms with E-state index in [1.54, 1.807) is 0 Å². The van der Waals surface area contributed by atoms with Crippen molar-refractivity contribution in [1.82, 2.24) is 0 Å². The molecule has 0 heterocycles. The molecule has 0 amide bonds. The molecule has 0 saturated heterocycles. The molecule has 0 aliphatic heterocycles. The minimum absolute atomic E-state index is 0.109. The van der Waals surface area contributed by atoms with E-state index < -0.39 is 8.32 Å². The Hall–Kier alpha value is -2.08. The maximum absolute atomic E-state index is 6.77. The standard InChI is InChI=1S/C26H34OSi/c1-5-28(6-2,7-3)27-26(22-21-25-18-12-9-13-19-25)23(4)15-14-20-24-16-10-8-11-17-24/h8-13,15-19,26H,5-7,14,20H2,1-4H3/b23-15+. The molecule has 2 aromatic carbocycles. The molecule has 0 radical (unpaired) electrons. The van der Waals surface area contributed by atoms with Gasteiger partial charge in [0, 0.05) is 5.56 Å². The summed E-state index contributed by atoms with van der Waals surface area (Å²) in [6.07, 6.45) is 4.27. The Morgan fingerprint density at radius 1 is 0.929 bits per heavy atom. The number of aryl methyl sites for hydroxylation is 1. The third-order valence-corrected chi connectivity index (χ3v) is 10.2. The molecule has 0 bridgehead atoms. The second-order valence-electron chi connectivity index (χ2n) is 7.35. The minimum Gasteiger partial charge on any atom is -0.400 e. The molecule has 0 aliphatic rings. The highest BCUT2D eigenvalue weighted by molar-refractivity contribution is 6.73. The van der Waals surface area contributed by atoms with Crippen molar-refractivity contribution in [3.8, 4) is 11.8 Å². The zero-order valence-electron chi connectivity index (χ0n) is 17.9. The predicted molar refractivity (Wildman–Crippen MR) is 124 cm³/mol. The Balaban J connectivity index is 2.18. The Labute approximate surface area is 173 Å². The minimum atomic E-state index is -1.73. The topological polar surface area (TPSA) is 9.23 Å². The average Bonchev–Trinajstić information content (AvgIpc) is 2.76. The first-order valence-corrected chi connectivity index (χ1v) is 13.1. The first-order valence-electron chi connectivity index (χ1n) is 10.6. The van der Waals surface area contributed by atoms with Crippen LogP contribution >= 0.6 is 0 Å². The molecule has 148 valence electrons. The molecule has 0 N–H and O–H groups in total. The van der Waals surface area contributed by atoms with Gasteiger partial charge in [0.2, 0.25) is 0 Å². The second kappa shape index (κ2) is 11.7. The Bertz CT molecular complexity index is 771. The van der Waals surface area contributed by atoms with Crippen LogP contribution in [0.2, 0.25) is 18.1 Å². The van der Waals surface area contributed by atoms with Crippen LogP contribution in [-0.4, -0.2) is 14.4 Å². The zero-order chi connectivity index (χ0) is 20.2. The first kappa shape index (κ1) is 22.2. The maximum Gasteiger partial charge on any atom is 0.194 e. The van der Waals surface area contributed by atoms with Crippen LogP contribution in [0.15, 0.2) is 72.3 Å². The van der Waals surface area contributed by atoms with Crippen LogP contribution < -0.4 is 0 Å². The number of benzene rings is 2. The average molecular weight is 391 g/mol. The predicted octanol–water partition coefficient (Wildman–Crippen LogP) is 7.01. The summed E-state index contributed by atoms with van der Waals surface area (Å²) in [5.41, 5.74) is 3.66. The molecule has 1 nitrogen and oxygen atoms in total. The van der Waals surface area contributed by atoms with Crippen LogP contribution in [0.4, 0.5) is 0 Å². The summed E-state index contributed by atoms with van der Waals surface area (Å²) in [5.74, 6) is 6.77. The van der Waals surface area contributed by atoms with Crippen LogP contribution in [0, 0.1) is 11.8 Å². The fourth-order valence-electron chi connectivity index (χ4n) is 3.37. The summed E-state index contributed by atoms with van der Waals surface area (Å²) in [7, 11) is -1.73. The molecule has 2 aromatic rings. The van der Waals surface area contributed by atoms with Crippen molar-refractivity contribution < 1.29 is 4.43 Å². The largest absolute Gasteiger partial charge is 0.400 e. The van der Waals surface area contributed by atoms with Gasteiger partial charge in [0.1, 0.15) is 6.10 Å². The van der Waals surface area contributed by atoms with Gasteiger partial charge in [-0.1, -0.05) is 87.2 Å². The lowest BCUT2D eigenvalue weighted by Crippen LogP contribution is -2.40. The van der Waals surface area contributed by atoms with Crippen molar-refractivity contribution in [1.29, 1.82) is 0 Å². The van der Waals surface area contributed by atoms with E-state index in [0.717, 1.165) is 36.5 Å². The summed E-state index contributed by atoms with van der Waals surface area (Å²) in [4.78, 5) is 0. The van der Waals surface area contributed by atoms with Gasteiger partial charge in [-0.15, -0.1) is 0 Å². The summed E-state index contributed by atoms with van der Waals surface area (Å²) in [6, 6.07) is 24.3. The highest BCUT2D eigenvalue weighted by atomic mass is 28.4. The quantitative estimate of drug-likeness (QED) is 0.254. The SMILES string of the molecule is CC[Si](CC)(CC)OC(C#Cc1ccccc1)/C(C)=C/CCc1ccccc1. The monoisotopic (exact) mass is 390 g/mol. The molecule has 0 saturated carbocycles. The summed E-state index contributed by atoms with van der Waals surface area (Å²) < 4.78 is 6.77. The van der Waals surface area contributed by atoms with Gasteiger partial charge in [0.25, 0.3) is 0 Å². The first-order chi connectivity index (χ1) is 13.6. The van der Waals surface area contributed by atoms with Gasteiger partial charge >= 0.3 is 0 Å². The van der Waals surface area contributed by atoms with Gasteiger partial charge in [-0.2, -0.15) is 0 Å². The van der Waals surface area contributed by atoms with E-state index >= 15 is 0 Å². The summed E-state index contributed by atoms with van der Waals surface area (Å²) in [6.45, 7) is 9.00. The molecule has 2 rings (SSSR count). The molecule has 1 atom stereocenters. The number of hydrogen-bond acceptors (Lipinski definition) is 1. The smallest absolute Gasteiger partial charge is 0.194 e. The third-order valence-electron chi connectivity index (χ3n) is 5.58. The number of rotatable bonds is 9. The Morgan fingerprint density at radius 2 is 1.50 bits per heavy atom. The molecule has 2 heteroatoms. The fourth-order valence-corrected chi connectivity index (χ4v) is 6.12. The van der Waals surface area contributed by atoms with Crippen LogP contribution in [0.5, 0.6) is 0 Å². The van der Waals surface area contributed by atoms with Crippen molar-refractivity contribution in [2.45, 2.75) is 64.8 Å². The van der Waals surface area contributed by atoms with Crippen LogP contribution in [-0.2, 0) is 10.8 Å². The molecule has 28 heavy (non-hydrogen) atoms. The molecule has 0 fully saturated rings. The van der Waals surface area contributed by atoms with Crippen molar-refractivity contribution in [2.24, 2.45) is 0 Å². The molecule has 0 spiro atoms. The second-order valence-corrected chi connectivity index (χ2v) is 12.1. The number of hydrogen-bond donors (Lipinski definition) is 0. The van der Waals surface area contributed by atoms with Crippen molar-refractivity contribution in [3.63, 3.8) is 0 Å². The van der Waals surface area contributed by atoms with E-state index in [0.29, 0.717) is 0 Å². The maximum atomic E-state index is 6.77. The Kier molecular flexibility index (Phi) is 9.27. The van der Waals surface area contributed by atoms with Crippen molar-refractivity contribution >= 4 is 8.32 Å². The zero-order valence-corrected chi connectivity index (χ0v) is 18.9. The van der Waals surface area contributed by atoms with E-state index in [4.69, 9.17) is 4.43 Å². The highest BCUT2D eigenvalue weighted by Gasteiger charge is 2.32. The van der Waals surface area contributed by atoms with Gasteiger partial charge in [-0.3, -0.25) is 0 Å². The van der Waals surface area contributed by atoms with Gasteiger partial charge in [0.15, 0.2) is 8.32 Å². The van der Waals surface area contributed by atoms with Gasteiger partial charge in [0.05, 0.1) is 0 Å². The van der Waals surface area contributed by atoms with Gasteiger partial charge < -0.3 is 4.43 Å². The molecule has 1 unspecified atom stereocenters. The van der Waals surface area contributed by atoms with Crippen LogP contribution in [0.1, 0.15) is 45.2 Å². The molecule has 0 aromatic heterocycles. The van der Waals surface area contributed by atoms with Gasteiger partial charge in [-0.25, -0.2) is 0 Å². The molecular formula is C26H34OSi. The third kappa shape index (κ3) is 6.82. The van der Waals surface area contributed by atoms with Crippen molar-refractivity contribution in [3.05, 3.63) is 83.4 Å². The molecule has 0 aliphatic carbocycles. The summed E-state index contributed by atoms with van der Waals surface area (Å²) in [5, 5.41) is 0. The van der Waals surface area contributed by atoms with E-state index in [1.165, 1.54) is 11.1 Å². The fraction of sp³-hybridized carbons (Fsp3) is 0.385. The van der Waals surface area contributed by atoms with Crippen molar-refractivity contribution in [2.75, 3.05) is 0 Å². The van der Waals surface area contributed by atoms with E-state index in [2.05, 4.69) is 88.1 Å². The lowest BCUT2D eigenvalue weighted by Gasteiger charge is -2.31. The Morgan fingerprint density at radius 3 is 2.07 bits per heavy atom. The van der Waals surface area contributed by atoms with Gasteiger partial charge in [-0.05, 0) is 61.2 Å². The van der Waals surface area contributed by atoms with Crippen LogP contribution in [0.3, 0.4) is 0 Å². The number of allylic oxidation sites excluding steroid dienone is 1. The lowest BCUT2D eigenvalue weighted by atomic mass is 10.1. The normalized spacial score (nSPS) is 12.9. The van der Waals surface area contributed by atoms with E-state index in [9.17, 15) is 0 Å². The lowest BCUT2D eigenvalue weighted by molar-refractivity contribution is 0.274. The van der Waals surface area contributed by atoms with Crippen LogP contribution in [0.25, 0.3) is 0 Å². The summed E-state index contributed by atoms with van der Waals surface area (Å²) >= 11 is 0. The highest BCUT2D eigenvalue weighted by Crippen LogP contribution is 2.25. The van der Waals surface area contributed by atoms with E-state index in [-0.39, 0.29) is 6.10 Å².